The van der Waals surface area contributed by atoms with E-state index in [2.05, 4.69) is 18.8 Å². The van der Waals surface area contributed by atoms with Crippen LogP contribution in [0, 0.1) is 0 Å². The predicted octanol–water partition coefficient (Wildman–Crippen LogP) is 3.52. The number of nitrogens with zero attached hydrogens (tertiary/aromatic N) is 1. The van der Waals surface area contributed by atoms with Gasteiger partial charge in [-0.05, 0) is 12.0 Å². The lowest BCUT2D eigenvalue weighted by Crippen LogP contribution is -2.40. The van der Waals surface area contributed by atoms with Gasteiger partial charge in [-0.15, -0.1) is 6.58 Å². The first-order valence-corrected chi connectivity index (χ1v) is 7.96. The summed E-state index contributed by atoms with van der Waals surface area (Å²) in [5.41, 5.74) is 2.51. The molecule has 0 amide bonds. The van der Waals surface area contributed by atoms with Gasteiger partial charge < -0.3 is 10.4 Å². The molecule has 0 saturated heterocycles. The number of rotatable bonds is 6. The van der Waals surface area contributed by atoms with Gasteiger partial charge in [-0.2, -0.15) is 4.57 Å². The molecule has 2 aromatic rings. The SMILES string of the molecule is C=CCNC(=S)/C(=C(/O)c1ccc(CC)cc1)[n+]1ccccc1. The smallest absolute Gasteiger partial charge is 0.287 e. The highest BCUT2D eigenvalue weighted by atomic mass is 32.1. The van der Waals surface area contributed by atoms with Crippen molar-refractivity contribution in [1.82, 2.24) is 5.32 Å². The Bertz CT molecular complexity index is 706. The van der Waals surface area contributed by atoms with Gasteiger partial charge in [0.25, 0.3) is 5.70 Å². The normalized spacial score (nSPS) is 11.5. The summed E-state index contributed by atoms with van der Waals surface area (Å²) >= 11 is 5.45. The topological polar surface area (TPSA) is 36.1 Å². The highest BCUT2D eigenvalue weighted by Gasteiger charge is 2.22. The molecule has 1 heterocycles. The molecule has 0 spiro atoms. The van der Waals surface area contributed by atoms with Crippen LogP contribution in [-0.4, -0.2) is 16.6 Å². The van der Waals surface area contributed by atoms with Gasteiger partial charge in [-0.3, -0.25) is 0 Å². The van der Waals surface area contributed by atoms with Crippen LogP contribution in [0.5, 0.6) is 0 Å². The maximum atomic E-state index is 10.8. The fourth-order valence-corrected chi connectivity index (χ4v) is 2.46. The van der Waals surface area contributed by atoms with Crippen molar-refractivity contribution in [2.24, 2.45) is 0 Å². The molecule has 0 bridgehead atoms. The Morgan fingerprint density at radius 3 is 2.43 bits per heavy atom. The van der Waals surface area contributed by atoms with E-state index in [1.165, 1.54) is 5.56 Å². The lowest BCUT2D eigenvalue weighted by atomic mass is 10.1. The van der Waals surface area contributed by atoms with Crippen LogP contribution in [-0.2, 0) is 6.42 Å². The summed E-state index contributed by atoms with van der Waals surface area (Å²) in [6.07, 6.45) is 6.40. The molecule has 0 radical (unpaired) electrons. The van der Waals surface area contributed by atoms with Crippen molar-refractivity contribution in [2.45, 2.75) is 13.3 Å². The molecule has 1 aromatic carbocycles. The largest absolute Gasteiger partial charge is 0.502 e. The van der Waals surface area contributed by atoms with Crippen LogP contribution in [0.2, 0.25) is 0 Å². The number of hydrogen-bond acceptors (Lipinski definition) is 2. The fourth-order valence-electron chi connectivity index (χ4n) is 2.18. The van der Waals surface area contributed by atoms with Crippen LogP contribution in [0.1, 0.15) is 18.1 Å². The Morgan fingerprint density at radius 2 is 1.87 bits per heavy atom. The van der Waals surface area contributed by atoms with Crippen LogP contribution in [0.4, 0.5) is 0 Å². The Labute approximate surface area is 142 Å². The minimum absolute atomic E-state index is 0.144. The van der Waals surface area contributed by atoms with E-state index in [0.29, 0.717) is 17.2 Å². The molecular weight excluding hydrogens is 304 g/mol. The van der Waals surface area contributed by atoms with Gasteiger partial charge in [-0.25, -0.2) is 0 Å². The van der Waals surface area contributed by atoms with Crippen LogP contribution in [0.15, 0.2) is 67.5 Å². The van der Waals surface area contributed by atoms with Crippen molar-refractivity contribution in [3.05, 3.63) is 78.6 Å². The third kappa shape index (κ3) is 4.27. The second kappa shape index (κ2) is 8.25. The predicted molar refractivity (Wildman–Crippen MR) is 99.0 cm³/mol. The van der Waals surface area contributed by atoms with Gasteiger partial charge in [0, 0.05) is 24.2 Å². The second-order valence-corrected chi connectivity index (χ2v) is 5.44. The zero-order valence-corrected chi connectivity index (χ0v) is 14.0. The molecular formula is C19H21N2OS+. The second-order valence-electron chi connectivity index (χ2n) is 5.03. The highest BCUT2D eigenvalue weighted by molar-refractivity contribution is 7.81. The van der Waals surface area contributed by atoms with Crippen LogP contribution in [0.25, 0.3) is 11.5 Å². The Morgan fingerprint density at radius 1 is 1.22 bits per heavy atom. The van der Waals surface area contributed by atoms with Gasteiger partial charge in [0.1, 0.15) is 0 Å². The number of hydrogen-bond donors (Lipinski definition) is 2. The Balaban J connectivity index is 2.49. The quantitative estimate of drug-likeness (QED) is 0.280. The molecule has 4 heteroatoms. The number of benzene rings is 1. The van der Waals surface area contributed by atoms with Gasteiger partial charge in [-0.1, -0.05) is 55.5 Å². The molecule has 0 unspecified atom stereocenters. The minimum Gasteiger partial charge on any atom is -0.502 e. The Hall–Kier alpha value is -2.46. The summed E-state index contributed by atoms with van der Waals surface area (Å²) < 4.78 is 1.81. The molecule has 3 nitrogen and oxygen atoms in total. The van der Waals surface area contributed by atoms with E-state index >= 15 is 0 Å². The van der Waals surface area contributed by atoms with Crippen molar-refractivity contribution in [2.75, 3.05) is 6.54 Å². The number of aromatic nitrogens is 1. The summed E-state index contributed by atoms with van der Waals surface area (Å²) in [7, 11) is 0. The number of thiocarbonyl (C=S) groups is 1. The average molecular weight is 325 g/mol. The summed E-state index contributed by atoms with van der Waals surface area (Å²) in [4.78, 5) is 0.471. The molecule has 1 aromatic heterocycles. The van der Waals surface area contributed by atoms with E-state index < -0.39 is 0 Å². The molecule has 0 aliphatic carbocycles. The number of aliphatic hydroxyl groups is 1. The lowest BCUT2D eigenvalue weighted by Gasteiger charge is -2.09. The monoisotopic (exact) mass is 325 g/mol. The average Bonchev–Trinajstić information content (AvgIpc) is 2.61. The van der Waals surface area contributed by atoms with Crippen LogP contribution < -0.4 is 9.88 Å². The van der Waals surface area contributed by atoms with Crippen molar-refractivity contribution in [1.29, 1.82) is 0 Å². The molecule has 0 aliphatic rings. The third-order valence-electron chi connectivity index (χ3n) is 3.46. The van der Waals surface area contributed by atoms with E-state index in [4.69, 9.17) is 12.2 Å². The van der Waals surface area contributed by atoms with E-state index in [9.17, 15) is 5.11 Å². The maximum Gasteiger partial charge on any atom is 0.287 e. The molecule has 0 aliphatic heterocycles. The summed E-state index contributed by atoms with van der Waals surface area (Å²) in [6, 6.07) is 13.5. The summed E-state index contributed by atoms with van der Waals surface area (Å²) in [6.45, 7) is 6.32. The molecule has 0 atom stereocenters. The van der Waals surface area contributed by atoms with Gasteiger partial charge in [0.05, 0.1) is 0 Å². The van der Waals surface area contributed by atoms with Crippen LogP contribution >= 0.6 is 12.2 Å². The first-order chi connectivity index (χ1) is 11.2. The van der Waals surface area contributed by atoms with Gasteiger partial charge in [0.2, 0.25) is 0 Å². The van der Waals surface area contributed by atoms with E-state index in [0.717, 1.165) is 12.0 Å². The van der Waals surface area contributed by atoms with Crippen molar-refractivity contribution < 1.29 is 9.67 Å². The third-order valence-corrected chi connectivity index (χ3v) is 3.79. The highest BCUT2D eigenvalue weighted by Crippen LogP contribution is 2.18. The maximum absolute atomic E-state index is 10.8. The van der Waals surface area contributed by atoms with E-state index in [1.54, 1.807) is 6.08 Å². The van der Waals surface area contributed by atoms with Crippen molar-refractivity contribution >= 4 is 28.7 Å². The Kier molecular flexibility index (Phi) is 6.06. The lowest BCUT2D eigenvalue weighted by molar-refractivity contribution is -0.576. The number of aliphatic hydroxyl groups excluding tert-OH is 1. The minimum atomic E-state index is 0.144. The first kappa shape index (κ1) is 16.9. The molecule has 0 saturated carbocycles. The zero-order valence-electron chi connectivity index (χ0n) is 13.2. The van der Waals surface area contributed by atoms with Crippen molar-refractivity contribution in [3.63, 3.8) is 0 Å². The number of pyridine rings is 1. The molecule has 0 fully saturated rings. The summed E-state index contributed by atoms with van der Waals surface area (Å²) in [5.74, 6) is 0.144. The summed E-state index contributed by atoms with van der Waals surface area (Å²) in [5, 5.41) is 13.9. The molecule has 2 N–H and O–H groups in total. The molecule has 2 rings (SSSR count). The zero-order chi connectivity index (χ0) is 16.7. The number of aryl methyl sites for hydroxylation is 1. The number of nitrogens with one attached hydrogen (secondary N) is 1. The van der Waals surface area contributed by atoms with E-state index in [1.807, 2.05) is 59.4 Å². The van der Waals surface area contributed by atoms with E-state index in [-0.39, 0.29) is 5.76 Å². The molecule has 23 heavy (non-hydrogen) atoms. The molecule has 118 valence electrons. The van der Waals surface area contributed by atoms with Crippen molar-refractivity contribution in [3.8, 4) is 0 Å². The fraction of sp³-hybridized carbons (Fsp3) is 0.158. The van der Waals surface area contributed by atoms with Gasteiger partial charge in [0.15, 0.2) is 23.1 Å². The van der Waals surface area contributed by atoms with Gasteiger partial charge >= 0.3 is 0 Å². The standard InChI is InChI=1S/C19H20N2OS/c1-3-12-20-19(23)17(21-13-6-5-7-14-21)18(22)16-10-8-15(4-2)9-11-16/h3,5-11,13-14H,1,4,12H2,2H3,(H-,20,22,23)/p+1. The first-order valence-electron chi connectivity index (χ1n) is 7.55. The van der Waals surface area contributed by atoms with Crippen LogP contribution in [0.3, 0.4) is 0 Å².